The van der Waals surface area contributed by atoms with Crippen molar-refractivity contribution in [3.8, 4) is 5.69 Å². The SMILES string of the molecule is O=c1[nH]c(CCCO)nn1-c1cccc(Br)c1. The topological polar surface area (TPSA) is 70.9 Å². The van der Waals surface area contributed by atoms with Crippen molar-refractivity contribution < 1.29 is 5.11 Å². The number of aromatic nitrogens is 3. The summed E-state index contributed by atoms with van der Waals surface area (Å²) in [7, 11) is 0. The number of hydrogen-bond acceptors (Lipinski definition) is 3. The smallest absolute Gasteiger partial charge is 0.348 e. The molecule has 0 bridgehead atoms. The van der Waals surface area contributed by atoms with Gasteiger partial charge in [0, 0.05) is 17.5 Å². The summed E-state index contributed by atoms with van der Waals surface area (Å²) < 4.78 is 2.21. The molecule has 6 heteroatoms. The van der Waals surface area contributed by atoms with Gasteiger partial charge >= 0.3 is 5.69 Å². The van der Waals surface area contributed by atoms with Gasteiger partial charge in [0.25, 0.3) is 0 Å². The van der Waals surface area contributed by atoms with E-state index in [2.05, 4.69) is 26.0 Å². The Hall–Kier alpha value is -1.40. The molecule has 1 aromatic carbocycles. The number of hydrogen-bond donors (Lipinski definition) is 2. The largest absolute Gasteiger partial charge is 0.396 e. The predicted octanol–water partition coefficient (Wildman–Crippen LogP) is 1.25. The molecule has 2 aromatic rings. The van der Waals surface area contributed by atoms with Crippen molar-refractivity contribution in [2.45, 2.75) is 12.8 Å². The monoisotopic (exact) mass is 297 g/mol. The summed E-state index contributed by atoms with van der Waals surface area (Å²) >= 11 is 3.35. The van der Waals surface area contributed by atoms with Crippen LogP contribution in [0, 0.1) is 0 Å². The number of nitrogens with one attached hydrogen (secondary N) is 1. The van der Waals surface area contributed by atoms with Gasteiger partial charge in [-0.05, 0) is 24.6 Å². The van der Waals surface area contributed by atoms with E-state index in [0.29, 0.717) is 24.4 Å². The van der Waals surface area contributed by atoms with Gasteiger partial charge in [0.15, 0.2) is 0 Å². The molecule has 0 radical (unpaired) electrons. The number of H-pyrrole nitrogens is 1. The van der Waals surface area contributed by atoms with Crippen molar-refractivity contribution >= 4 is 15.9 Å². The number of rotatable bonds is 4. The van der Waals surface area contributed by atoms with Crippen LogP contribution in [0.3, 0.4) is 0 Å². The van der Waals surface area contributed by atoms with Gasteiger partial charge in [0.05, 0.1) is 5.69 Å². The Labute approximate surface area is 106 Å². The van der Waals surface area contributed by atoms with E-state index in [1.54, 1.807) is 0 Å². The Morgan fingerprint density at radius 3 is 3.00 bits per heavy atom. The highest BCUT2D eigenvalue weighted by molar-refractivity contribution is 9.10. The highest BCUT2D eigenvalue weighted by Gasteiger charge is 2.06. The van der Waals surface area contributed by atoms with E-state index in [-0.39, 0.29) is 12.3 Å². The van der Waals surface area contributed by atoms with E-state index >= 15 is 0 Å². The van der Waals surface area contributed by atoms with Crippen LogP contribution in [0.5, 0.6) is 0 Å². The van der Waals surface area contributed by atoms with Crippen LogP contribution in [0.2, 0.25) is 0 Å². The zero-order valence-electron chi connectivity index (χ0n) is 9.06. The van der Waals surface area contributed by atoms with Gasteiger partial charge in [-0.2, -0.15) is 9.78 Å². The van der Waals surface area contributed by atoms with Crippen LogP contribution >= 0.6 is 15.9 Å². The van der Waals surface area contributed by atoms with Gasteiger partial charge in [0.2, 0.25) is 0 Å². The Bertz CT molecular complexity index is 562. The Morgan fingerprint density at radius 2 is 2.29 bits per heavy atom. The first kappa shape index (κ1) is 12.1. The van der Waals surface area contributed by atoms with Crippen LogP contribution in [0.25, 0.3) is 5.69 Å². The Balaban J connectivity index is 2.33. The average Bonchev–Trinajstić information content (AvgIpc) is 2.68. The number of halogens is 1. The minimum absolute atomic E-state index is 0.0891. The fourth-order valence-electron chi connectivity index (χ4n) is 1.51. The number of aliphatic hydroxyl groups is 1. The number of aliphatic hydroxyl groups excluding tert-OH is 1. The van der Waals surface area contributed by atoms with E-state index in [0.717, 1.165) is 4.47 Å². The second-order valence-corrected chi connectivity index (χ2v) is 4.51. The van der Waals surface area contributed by atoms with Gasteiger partial charge in [0.1, 0.15) is 5.82 Å². The number of nitrogens with zero attached hydrogens (tertiary/aromatic N) is 2. The molecule has 0 amide bonds. The molecule has 5 nitrogen and oxygen atoms in total. The lowest BCUT2D eigenvalue weighted by Crippen LogP contribution is -2.15. The quantitative estimate of drug-likeness (QED) is 0.892. The van der Waals surface area contributed by atoms with Crippen molar-refractivity contribution in [2.24, 2.45) is 0 Å². The van der Waals surface area contributed by atoms with Crippen LogP contribution in [0.4, 0.5) is 0 Å². The summed E-state index contributed by atoms with van der Waals surface area (Å²) in [6.45, 7) is 0.0891. The minimum Gasteiger partial charge on any atom is -0.396 e. The first-order valence-corrected chi connectivity index (χ1v) is 6.05. The molecule has 0 aliphatic carbocycles. The zero-order valence-corrected chi connectivity index (χ0v) is 10.6. The van der Waals surface area contributed by atoms with Gasteiger partial charge in [-0.25, -0.2) is 4.79 Å². The number of aryl methyl sites for hydroxylation is 1. The molecule has 0 saturated carbocycles. The molecule has 1 aromatic heterocycles. The Morgan fingerprint density at radius 1 is 1.47 bits per heavy atom. The van der Waals surface area contributed by atoms with Crippen LogP contribution in [-0.4, -0.2) is 26.5 Å². The lowest BCUT2D eigenvalue weighted by Gasteiger charge is -1.99. The Kier molecular flexibility index (Phi) is 3.75. The third kappa shape index (κ3) is 2.83. The normalized spacial score (nSPS) is 10.7. The van der Waals surface area contributed by atoms with E-state index in [1.807, 2.05) is 24.3 Å². The molecular formula is C11H12BrN3O2. The fraction of sp³-hybridized carbons (Fsp3) is 0.273. The minimum atomic E-state index is -0.268. The summed E-state index contributed by atoms with van der Waals surface area (Å²) in [6.07, 6.45) is 1.15. The maximum absolute atomic E-state index is 11.7. The molecule has 0 spiro atoms. The van der Waals surface area contributed by atoms with Crippen LogP contribution in [-0.2, 0) is 6.42 Å². The van der Waals surface area contributed by atoms with E-state index in [1.165, 1.54) is 4.68 Å². The number of aromatic amines is 1. The number of benzene rings is 1. The summed E-state index contributed by atoms with van der Waals surface area (Å²) in [5.41, 5.74) is 0.437. The average molecular weight is 298 g/mol. The molecule has 17 heavy (non-hydrogen) atoms. The van der Waals surface area contributed by atoms with Crippen molar-refractivity contribution in [2.75, 3.05) is 6.61 Å². The zero-order chi connectivity index (χ0) is 12.3. The van der Waals surface area contributed by atoms with E-state index < -0.39 is 0 Å². The standard InChI is InChI=1S/C11H12BrN3O2/c12-8-3-1-4-9(7-8)15-11(17)13-10(14-15)5-2-6-16/h1,3-4,7,16H,2,5-6H2,(H,13,14,17). The molecule has 90 valence electrons. The van der Waals surface area contributed by atoms with Crippen LogP contribution < -0.4 is 5.69 Å². The van der Waals surface area contributed by atoms with Crippen molar-refractivity contribution in [3.05, 3.63) is 45.0 Å². The first-order chi connectivity index (χ1) is 8.20. The molecule has 0 aliphatic rings. The maximum atomic E-state index is 11.7. The maximum Gasteiger partial charge on any atom is 0.348 e. The molecular weight excluding hydrogens is 286 g/mol. The summed E-state index contributed by atoms with van der Waals surface area (Å²) in [5, 5.41) is 12.9. The van der Waals surface area contributed by atoms with Gasteiger partial charge in [-0.1, -0.05) is 22.0 Å². The van der Waals surface area contributed by atoms with Crippen LogP contribution in [0.1, 0.15) is 12.2 Å². The van der Waals surface area contributed by atoms with E-state index in [9.17, 15) is 4.79 Å². The lowest BCUT2D eigenvalue weighted by molar-refractivity contribution is 0.287. The van der Waals surface area contributed by atoms with Crippen molar-refractivity contribution in [3.63, 3.8) is 0 Å². The van der Waals surface area contributed by atoms with Crippen molar-refractivity contribution in [1.29, 1.82) is 0 Å². The van der Waals surface area contributed by atoms with Crippen molar-refractivity contribution in [1.82, 2.24) is 14.8 Å². The molecule has 1 heterocycles. The molecule has 0 fully saturated rings. The molecule has 2 N–H and O–H groups in total. The van der Waals surface area contributed by atoms with Crippen LogP contribution in [0.15, 0.2) is 33.5 Å². The summed E-state index contributed by atoms with van der Waals surface area (Å²) in [5.74, 6) is 0.587. The second kappa shape index (κ2) is 5.29. The highest BCUT2D eigenvalue weighted by Crippen LogP contribution is 2.13. The third-order valence-electron chi connectivity index (χ3n) is 2.29. The lowest BCUT2D eigenvalue weighted by atomic mass is 10.3. The molecule has 0 atom stereocenters. The summed E-state index contributed by atoms with van der Waals surface area (Å²) in [4.78, 5) is 14.3. The molecule has 0 saturated heterocycles. The summed E-state index contributed by atoms with van der Waals surface area (Å²) in [6, 6.07) is 7.35. The third-order valence-corrected chi connectivity index (χ3v) is 2.78. The predicted molar refractivity (Wildman–Crippen MR) is 67.3 cm³/mol. The van der Waals surface area contributed by atoms with Gasteiger partial charge < -0.3 is 5.11 Å². The van der Waals surface area contributed by atoms with Gasteiger partial charge in [-0.15, -0.1) is 0 Å². The van der Waals surface area contributed by atoms with E-state index in [4.69, 9.17) is 5.11 Å². The van der Waals surface area contributed by atoms with Gasteiger partial charge in [-0.3, -0.25) is 4.98 Å². The molecule has 0 aliphatic heterocycles. The molecule has 2 rings (SSSR count). The fourth-order valence-corrected chi connectivity index (χ4v) is 1.90. The first-order valence-electron chi connectivity index (χ1n) is 5.26. The highest BCUT2D eigenvalue weighted by atomic mass is 79.9. The second-order valence-electron chi connectivity index (χ2n) is 3.60. The molecule has 0 unspecified atom stereocenters.